The third-order valence-corrected chi connectivity index (χ3v) is 6.08. The summed E-state index contributed by atoms with van der Waals surface area (Å²) >= 11 is 0. The molecule has 0 bridgehead atoms. The van der Waals surface area contributed by atoms with Gasteiger partial charge >= 0.3 is 0 Å². The Bertz CT molecular complexity index is 410. The van der Waals surface area contributed by atoms with Gasteiger partial charge in [0, 0.05) is 32.1 Å². The molecule has 0 aromatic rings. The van der Waals surface area contributed by atoms with Crippen molar-refractivity contribution in [1.29, 1.82) is 0 Å². The maximum Gasteiger partial charge on any atom is 0.225 e. The Morgan fingerprint density at radius 3 is 2.26 bits per heavy atom. The number of carbonyl (C=O) groups is 1. The molecule has 0 aromatic heterocycles. The molecule has 2 fully saturated rings. The number of rotatable bonds is 5. The van der Waals surface area contributed by atoms with E-state index in [0.717, 1.165) is 32.4 Å². The minimum Gasteiger partial charge on any atom is -0.342 e. The first-order valence-corrected chi connectivity index (χ1v) is 8.92. The van der Waals surface area contributed by atoms with Crippen LogP contribution < -0.4 is 0 Å². The van der Waals surface area contributed by atoms with Gasteiger partial charge in [0.2, 0.25) is 15.9 Å². The lowest BCUT2D eigenvalue weighted by molar-refractivity contribution is -0.140. The summed E-state index contributed by atoms with van der Waals surface area (Å²) in [6.07, 6.45) is 4.08. The average molecular weight is 288 g/mol. The highest BCUT2D eigenvalue weighted by molar-refractivity contribution is 7.89. The summed E-state index contributed by atoms with van der Waals surface area (Å²) in [5.41, 5.74) is 0. The molecule has 19 heavy (non-hydrogen) atoms. The Morgan fingerprint density at radius 1 is 1.16 bits per heavy atom. The van der Waals surface area contributed by atoms with E-state index in [9.17, 15) is 13.2 Å². The van der Waals surface area contributed by atoms with Gasteiger partial charge in [0.15, 0.2) is 0 Å². The maximum absolute atomic E-state index is 12.1. The number of hydrogen-bond donors (Lipinski definition) is 0. The summed E-state index contributed by atoms with van der Waals surface area (Å²) < 4.78 is 25.7. The van der Waals surface area contributed by atoms with Gasteiger partial charge in [-0.15, -0.1) is 0 Å². The van der Waals surface area contributed by atoms with Crippen LogP contribution in [0.15, 0.2) is 0 Å². The summed E-state index contributed by atoms with van der Waals surface area (Å²) in [6, 6.07) is 0. The van der Waals surface area contributed by atoms with Crippen LogP contribution in [0.4, 0.5) is 0 Å². The molecule has 0 aliphatic carbocycles. The molecule has 0 radical (unpaired) electrons. The first-order chi connectivity index (χ1) is 9.04. The van der Waals surface area contributed by atoms with Crippen LogP contribution in [0.5, 0.6) is 0 Å². The first-order valence-electron chi connectivity index (χ1n) is 7.31. The van der Waals surface area contributed by atoms with E-state index in [1.807, 2.05) is 11.8 Å². The Labute approximate surface area is 116 Å². The lowest BCUT2D eigenvalue weighted by Gasteiger charge is -2.37. The summed E-state index contributed by atoms with van der Waals surface area (Å²) in [7, 11) is -3.10. The third kappa shape index (κ3) is 3.48. The molecule has 110 valence electrons. The SMILES string of the molecule is CCCCS(=O)(=O)N1CCC(C(=O)N2CCC2)CC1. The first kappa shape index (κ1) is 14.8. The molecular weight excluding hydrogens is 264 g/mol. The van der Waals surface area contributed by atoms with E-state index in [2.05, 4.69) is 0 Å². The zero-order valence-corrected chi connectivity index (χ0v) is 12.5. The third-order valence-electron chi connectivity index (χ3n) is 4.12. The number of carbonyl (C=O) groups excluding carboxylic acids is 1. The van der Waals surface area contributed by atoms with E-state index in [1.54, 1.807) is 4.31 Å². The van der Waals surface area contributed by atoms with E-state index in [-0.39, 0.29) is 17.6 Å². The van der Waals surface area contributed by atoms with E-state index in [0.29, 0.717) is 25.9 Å². The molecule has 6 heteroatoms. The molecule has 0 aromatic carbocycles. The highest BCUT2D eigenvalue weighted by Gasteiger charge is 2.33. The van der Waals surface area contributed by atoms with Gasteiger partial charge in [-0.25, -0.2) is 12.7 Å². The van der Waals surface area contributed by atoms with E-state index in [4.69, 9.17) is 0 Å². The van der Waals surface area contributed by atoms with Crippen molar-refractivity contribution in [2.45, 2.75) is 39.0 Å². The van der Waals surface area contributed by atoms with Crippen LogP contribution in [-0.4, -0.2) is 55.5 Å². The fraction of sp³-hybridized carbons (Fsp3) is 0.923. The Balaban J connectivity index is 1.83. The van der Waals surface area contributed by atoms with Crippen molar-refractivity contribution in [3.05, 3.63) is 0 Å². The Morgan fingerprint density at radius 2 is 1.79 bits per heavy atom. The molecule has 2 heterocycles. The molecule has 2 aliphatic heterocycles. The second-order valence-electron chi connectivity index (χ2n) is 5.52. The number of piperidine rings is 1. The predicted molar refractivity (Wildman–Crippen MR) is 74.2 cm³/mol. The second-order valence-corrected chi connectivity index (χ2v) is 7.61. The Kier molecular flexibility index (Phi) is 4.84. The molecule has 2 aliphatic rings. The molecule has 0 N–H and O–H groups in total. The van der Waals surface area contributed by atoms with Crippen LogP contribution in [0.2, 0.25) is 0 Å². The normalized spacial score (nSPS) is 22.3. The molecule has 2 saturated heterocycles. The van der Waals surface area contributed by atoms with Gasteiger partial charge in [0.05, 0.1) is 5.75 Å². The zero-order valence-electron chi connectivity index (χ0n) is 11.7. The van der Waals surface area contributed by atoms with Gasteiger partial charge in [-0.2, -0.15) is 0 Å². The van der Waals surface area contributed by atoms with Crippen LogP contribution in [0, 0.1) is 5.92 Å². The number of amides is 1. The average Bonchev–Trinajstić information content (AvgIpc) is 2.34. The van der Waals surface area contributed by atoms with E-state index >= 15 is 0 Å². The summed E-state index contributed by atoms with van der Waals surface area (Å²) in [5, 5.41) is 0. The van der Waals surface area contributed by atoms with Gasteiger partial charge in [0.1, 0.15) is 0 Å². The molecule has 5 nitrogen and oxygen atoms in total. The number of nitrogens with zero attached hydrogens (tertiary/aromatic N) is 2. The minimum atomic E-state index is -3.10. The molecule has 1 amide bonds. The number of sulfonamides is 1. The van der Waals surface area contributed by atoms with Crippen LogP contribution >= 0.6 is 0 Å². The van der Waals surface area contributed by atoms with Crippen molar-refractivity contribution in [3.8, 4) is 0 Å². The zero-order chi connectivity index (χ0) is 13.9. The quantitative estimate of drug-likeness (QED) is 0.760. The lowest BCUT2D eigenvalue weighted by Crippen LogP contribution is -2.49. The number of unbranched alkanes of at least 4 members (excludes halogenated alkanes) is 1. The van der Waals surface area contributed by atoms with Crippen molar-refractivity contribution in [1.82, 2.24) is 9.21 Å². The highest BCUT2D eigenvalue weighted by Crippen LogP contribution is 2.24. The van der Waals surface area contributed by atoms with Gasteiger partial charge < -0.3 is 4.90 Å². The molecule has 0 atom stereocenters. The second kappa shape index (κ2) is 6.22. The summed E-state index contributed by atoms with van der Waals surface area (Å²) in [5.74, 6) is 0.517. The smallest absolute Gasteiger partial charge is 0.225 e. The molecule has 0 saturated carbocycles. The van der Waals surface area contributed by atoms with Gasteiger partial charge in [-0.3, -0.25) is 4.79 Å². The fourth-order valence-corrected chi connectivity index (χ4v) is 4.31. The van der Waals surface area contributed by atoms with Crippen LogP contribution in [0.25, 0.3) is 0 Å². The van der Waals surface area contributed by atoms with Crippen molar-refractivity contribution < 1.29 is 13.2 Å². The predicted octanol–water partition coefficient (Wildman–Crippen LogP) is 1.06. The molecule has 0 unspecified atom stereocenters. The van der Waals surface area contributed by atoms with Crippen molar-refractivity contribution >= 4 is 15.9 Å². The fourth-order valence-electron chi connectivity index (χ4n) is 2.63. The maximum atomic E-state index is 12.1. The van der Waals surface area contributed by atoms with Gasteiger partial charge in [-0.05, 0) is 25.7 Å². The molecule has 0 spiro atoms. The number of likely N-dealkylation sites (tertiary alicyclic amines) is 1. The Hall–Kier alpha value is -0.620. The topological polar surface area (TPSA) is 57.7 Å². The van der Waals surface area contributed by atoms with Crippen LogP contribution in [0.3, 0.4) is 0 Å². The molecule has 2 rings (SSSR count). The number of hydrogen-bond acceptors (Lipinski definition) is 3. The molecular formula is C13H24N2O3S. The van der Waals surface area contributed by atoms with Crippen LogP contribution in [-0.2, 0) is 14.8 Å². The largest absolute Gasteiger partial charge is 0.342 e. The van der Waals surface area contributed by atoms with Gasteiger partial charge in [0.25, 0.3) is 0 Å². The minimum absolute atomic E-state index is 0.0397. The standard InChI is InChI=1S/C13H24N2O3S/c1-2-3-11-19(17,18)15-9-5-12(6-10-15)13(16)14-7-4-8-14/h12H,2-11H2,1H3. The van der Waals surface area contributed by atoms with Crippen LogP contribution in [0.1, 0.15) is 39.0 Å². The monoisotopic (exact) mass is 288 g/mol. The summed E-state index contributed by atoms with van der Waals surface area (Å²) in [6.45, 7) is 4.78. The highest BCUT2D eigenvalue weighted by atomic mass is 32.2. The van der Waals surface area contributed by atoms with Crippen molar-refractivity contribution in [3.63, 3.8) is 0 Å². The van der Waals surface area contributed by atoms with Crippen molar-refractivity contribution in [2.75, 3.05) is 31.9 Å². The lowest BCUT2D eigenvalue weighted by atomic mass is 9.95. The van der Waals surface area contributed by atoms with Gasteiger partial charge in [-0.1, -0.05) is 13.3 Å². The van der Waals surface area contributed by atoms with E-state index in [1.165, 1.54) is 0 Å². The summed E-state index contributed by atoms with van der Waals surface area (Å²) in [4.78, 5) is 14.0. The van der Waals surface area contributed by atoms with E-state index < -0.39 is 10.0 Å². The van der Waals surface area contributed by atoms with Crippen molar-refractivity contribution in [2.24, 2.45) is 5.92 Å².